The van der Waals surface area contributed by atoms with Crippen LogP contribution in [-0.4, -0.2) is 56.8 Å². The molecule has 0 N–H and O–H groups in total. The summed E-state index contributed by atoms with van der Waals surface area (Å²) < 4.78 is 33.0. The fourth-order valence-electron chi connectivity index (χ4n) is 3.91. The number of amides is 1. The molecule has 1 saturated heterocycles. The van der Waals surface area contributed by atoms with Crippen molar-refractivity contribution in [2.24, 2.45) is 0 Å². The maximum atomic E-state index is 13.1. The second-order valence-electron chi connectivity index (χ2n) is 7.17. The standard InChI is InChI=1S/C19H28N2O4S/c1-20(15-8-4-3-5-9-15)26(23,24)16-10-11-18(25-2)17(14-16)19(22)21-12-6-7-13-21/h10-11,14-15H,3-9,12-13H2,1-2H3. The molecule has 2 aliphatic rings. The number of sulfonamides is 1. The molecule has 1 saturated carbocycles. The van der Waals surface area contributed by atoms with Gasteiger partial charge in [-0.15, -0.1) is 0 Å². The lowest BCUT2D eigenvalue weighted by Gasteiger charge is -2.30. The van der Waals surface area contributed by atoms with Crippen molar-refractivity contribution in [2.75, 3.05) is 27.2 Å². The first-order valence-electron chi connectivity index (χ1n) is 9.40. The van der Waals surface area contributed by atoms with Crippen LogP contribution < -0.4 is 4.74 Å². The third-order valence-electron chi connectivity index (χ3n) is 5.56. The average molecular weight is 381 g/mol. The summed E-state index contributed by atoms with van der Waals surface area (Å²) in [7, 11) is -0.487. The molecule has 6 nitrogen and oxygen atoms in total. The highest BCUT2D eigenvalue weighted by molar-refractivity contribution is 7.89. The number of hydrogen-bond donors (Lipinski definition) is 0. The zero-order chi connectivity index (χ0) is 18.7. The summed E-state index contributed by atoms with van der Waals surface area (Å²) in [5.74, 6) is 0.262. The molecule has 0 spiro atoms. The third-order valence-corrected chi connectivity index (χ3v) is 7.47. The normalized spacial score (nSPS) is 19.1. The summed E-state index contributed by atoms with van der Waals surface area (Å²) in [5.41, 5.74) is 0.326. The fraction of sp³-hybridized carbons (Fsp3) is 0.632. The molecule has 3 rings (SSSR count). The van der Waals surface area contributed by atoms with Gasteiger partial charge in [0.2, 0.25) is 10.0 Å². The summed E-state index contributed by atoms with van der Waals surface area (Å²) in [6, 6.07) is 4.64. The van der Waals surface area contributed by atoms with Gasteiger partial charge in [-0.3, -0.25) is 4.79 Å². The van der Waals surface area contributed by atoms with Crippen molar-refractivity contribution < 1.29 is 17.9 Å². The highest BCUT2D eigenvalue weighted by atomic mass is 32.2. The van der Waals surface area contributed by atoms with Gasteiger partial charge >= 0.3 is 0 Å². The zero-order valence-electron chi connectivity index (χ0n) is 15.6. The van der Waals surface area contributed by atoms with Gasteiger partial charge in [0.15, 0.2) is 0 Å². The second-order valence-corrected chi connectivity index (χ2v) is 9.17. The quantitative estimate of drug-likeness (QED) is 0.788. The molecule has 0 radical (unpaired) electrons. The highest BCUT2D eigenvalue weighted by Gasteiger charge is 2.31. The second kappa shape index (κ2) is 7.96. The first kappa shape index (κ1) is 19.2. The van der Waals surface area contributed by atoms with E-state index in [9.17, 15) is 13.2 Å². The Labute approximate surface area is 156 Å². The lowest BCUT2D eigenvalue weighted by Crippen LogP contribution is -2.38. The summed E-state index contributed by atoms with van der Waals surface area (Å²) in [6.07, 6.45) is 7.04. The molecule has 7 heteroatoms. The molecule has 0 aromatic heterocycles. The molecule has 1 aromatic rings. The Morgan fingerprint density at radius 2 is 1.77 bits per heavy atom. The highest BCUT2D eigenvalue weighted by Crippen LogP contribution is 2.30. The van der Waals surface area contributed by atoms with Crippen molar-refractivity contribution in [3.63, 3.8) is 0 Å². The van der Waals surface area contributed by atoms with Crippen LogP contribution in [0.5, 0.6) is 5.75 Å². The van der Waals surface area contributed by atoms with Crippen molar-refractivity contribution in [3.8, 4) is 5.75 Å². The molecule has 2 fully saturated rings. The molecule has 144 valence electrons. The molecular formula is C19H28N2O4S. The molecule has 0 atom stereocenters. The van der Waals surface area contributed by atoms with Crippen molar-refractivity contribution >= 4 is 15.9 Å². The Morgan fingerprint density at radius 3 is 2.38 bits per heavy atom. The summed E-state index contributed by atoms with van der Waals surface area (Å²) in [4.78, 5) is 14.7. The van der Waals surface area contributed by atoms with Crippen LogP contribution in [0.4, 0.5) is 0 Å². The minimum absolute atomic E-state index is 0.0357. The van der Waals surface area contributed by atoms with Crippen LogP contribution in [0.25, 0.3) is 0 Å². The maximum absolute atomic E-state index is 13.1. The van der Waals surface area contributed by atoms with Gasteiger partial charge in [0, 0.05) is 26.2 Å². The minimum atomic E-state index is -3.64. The van der Waals surface area contributed by atoms with E-state index < -0.39 is 10.0 Å². The third kappa shape index (κ3) is 3.74. The Balaban J connectivity index is 1.91. The van der Waals surface area contributed by atoms with Crippen LogP contribution in [0.1, 0.15) is 55.3 Å². The van der Waals surface area contributed by atoms with E-state index in [0.717, 1.165) is 38.5 Å². The molecule has 1 aromatic carbocycles. The molecule has 1 aliphatic heterocycles. The Bertz CT molecular complexity index is 751. The maximum Gasteiger partial charge on any atom is 0.257 e. The molecule has 26 heavy (non-hydrogen) atoms. The predicted octanol–water partition coefficient (Wildman–Crippen LogP) is 2.88. The summed E-state index contributed by atoms with van der Waals surface area (Å²) in [5, 5.41) is 0. The van der Waals surface area contributed by atoms with Crippen molar-refractivity contribution in [3.05, 3.63) is 23.8 Å². The lowest BCUT2D eigenvalue weighted by molar-refractivity contribution is 0.0789. The van der Waals surface area contributed by atoms with Crippen LogP contribution in [-0.2, 0) is 10.0 Å². The predicted molar refractivity (Wildman–Crippen MR) is 100.0 cm³/mol. The Hall–Kier alpha value is -1.60. The summed E-state index contributed by atoms with van der Waals surface area (Å²) >= 11 is 0. The zero-order valence-corrected chi connectivity index (χ0v) is 16.4. The van der Waals surface area contributed by atoms with Crippen LogP contribution in [0.15, 0.2) is 23.1 Å². The Morgan fingerprint density at radius 1 is 1.12 bits per heavy atom. The van der Waals surface area contributed by atoms with Gasteiger partial charge in [-0.25, -0.2) is 8.42 Å². The first-order valence-corrected chi connectivity index (χ1v) is 10.8. The number of methoxy groups -OCH3 is 1. The van der Waals surface area contributed by atoms with Gasteiger partial charge in [0.25, 0.3) is 5.91 Å². The lowest BCUT2D eigenvalue weighted by atomic mass is 9.96. The molecule has 0 bridgehead atoms. The molecule has 1 amide bonds. The number of carbonyl (C=O) groups is 1. The van der Waals surface area contributed by atoms with E-state index >= 15 is 0 Å². The number of rotatable bonds is 5. The number of carbonyl (C=O) groups excluding carboxylic acids is 1. The SMILES string of the molecule is COc1ccc(S(=O)(=O)N(C)C2CCCCC2)cc1C(=O)N1CCCC1. The number of likely N-dealkylation sites (tertiary alicyclic amines) is 1. The van der Waals surface area contributed by atoms with Gasteiger partial charge < -0.3 is 9.64 Å². The van der Waals surface area contributed by atoms with Crippen LogP contribution in [0.3, 0.4) is 0 Å². The minimum Gasteiger partial charge on any atom is -0.496 e. The van der Waals surface area contributed by atoms with Crippen molar-refractivity contribution in [1.82, 2.24) is 9.21 Å². The van der Waals surface area contributed by atoms with E-state index in [0.29, 0.717) is 24.4 Å². The molecule has 1 heterocycles. The van der Waals surface area contributed by atoms with E-state index in [2.05, 4.69) is 0 Å². The van der Waals surface area contributed by atoms with E-state index in [1.165, 1.54) is 30.0 Å². The van der Waals surface area contributed by atoms with E-state index in [-0.39, 0.29) is 16.8 Å². The van der Waals surface area contributed by atoms with Gasteiger partial charge in [0.1, 0.15) is 5.75 Å². The monoisotopic (exact) mass is 380 g/mol. The van der Waals surface area contributed by atoms with Gasteiger partial charge in [0.05, 0.1) is 17.6 Å². The number of nitrogens with zero attached hydrogens (tertiary/aromatic N) is 2. The van der Waals surface area contributed by atoms with Gasteiger partial charge in [-0.1, -0.05) is 19.3 Å². The number of ether oxygens (including phenoxy) is 1. The number of hydrogen-bond acceptors (Lipinski definition) is 4. The van der Waals surface area contributed by atoms with E-state index in [1.807, 2.05) is 0 Å². The Kier molecular flexibility index (Phi) is 5.87. The topological polar surface area (TPSA) is 66.9 Å². The van der Waals surface area contributed by atoms with Crippen molar-refractivity contribution in [1.29, 1.82) is 0 Å². The first-order chi connectivity index (χ1) is 12.4. The average Bonchev–Trinajstić information content (AvgIpc) is 3.21. The molecule has 0 unspecified atom stereocenters. The van der Waals surface area contributed by atoms with Crippen LogP contribution in [0.2, 0.25) is 0 Å². The molecule has 1 aliphatic carbocycles. The van der Waals surface area contributed by atoms with E-state index in [1.54, 1.807) is 18.0 Å². The smallest absolute Gasteiger partial charge is 0.257 e. The number of benzene rings is 1. The van der Waals surface area contributed by atoms with Gasteiger partial charge in [-0.2, -0.15) is 4.31 Å². The molecular weight excluding hydrogens is 352 g/mol. The van der Waals surface area contributed by atoms with Crippen LogP contribution >= 0.6 is 0 Å². The van der Waals surface area contributed by atoms with Gasteiger partial charge in [-0.05, 0) is 43.9 Å². The fourth-order valence-corrected chi connectivity index (χ4v) is 5.36. The summed E-state index contributed by atoms with van der Waals surface area (Å²) in [6.45, 7) is 1.42. The van der Waals surface area contributed by atoms with Crippen LogP contribution in [0, 0.1) is 0 Å². The van der Waals surface area contributed by atoms with Crippen molar-refractivity contribution in [2.45, 2.75) is 55.9 Å². The van der Waals surface area contributed by atoms with E-state index in [4.69, 9.17) is 4.74 Å². The largest absolute Gasteiger partial charge is 0.496 e.